The van der Waals surface area contributed by atoms with E-state index in [-0.39, 0.29) is 30.0 Å². The van der Waals surface area contributed by atoms with Gasteiger partial charge in [0.25, 0.3) is 0 Å². The number of thioether (sulfide) groups is 1. The van der Waals surface area contributed by atoms with Crippen LogP contribution in [0.25, 0.3) is 0 Å². The Kier molecular flexibility index (Phi) is 5.75. The number of aryl methyl sites for hydroxylation is 1. The van der Waals surface area contributed by atoms with E-state index >= 15 is 0 Å². The first kappa shape index (κ1) is 18.7. The average molecular weight is 484 g/mol. The van der Waals surface area contributed by atoms with Crippen molar-refractivity contribution in [1.29, 1.82) is 0 Å². The number of hydrogen-bond donors (Lipinski definition) is 1. The summed E-state index contributed by atoms with van der Waals surface area (Å²) in [5.74, 6) is 0.353. The highest BCUT2D eigenvalue weighted by molar-refractivity contribution is 8.12. The normalized spacial score (nSPS) is 23.2. The maximum atomic E-state index is 6.28. The van der Waals surface area contributed by atoms with Crippen molar-refractivity contribution in [3.8, 4) is 0 Å². The molecule has 0 aromatic heterocycles. The van der Waals surface area contributed by atoms with Gasteiger partial charge in [-0.3, -0.25) is 5.73 Å². The van der Waals surface area contributed by atoms with Gasteiger partial charge in [-0.05, 0) is 54.1 Å². The molecule has 2 aromatic rings. The number of rotatable bonds is 1. The Balaban J connectivity index is 0.00000182. The van der Waals surface area contributed by atoms with Gasteiger partial charge in [0, 0.05) is 10.6 Å². The van der Waals surface area contributed by atoms with E-state index in [1.54, 1.807) is 0 Å². The van der Waals surface area contributed by atoms with E-state index in [4.69, 9.17) is 22.4 Å². The largest absolute Gasteiger partial charge is 1.00 e. The molecule has 0 radical (unpaired) electrons. The molecule has 0 unspecified atom stereocenters. The van der Waals surface area contributed by atoms with E-state index in [1.807, 2.05) is 23.1 Å². The number of hydrogen-bond acceptors (Lipinski definition) is 2. The second kappa shape index (κ2) is 7.68. The minimum Gasteiger partial charge on any atom is -1.00 e. The summed E-state index contributed by atoms with van der Waals surface area (Å²) in [7, 11) is 0. The van der Waals surface area contributed by atoms with Crippen LogP contribution in [0.2, 0.25) is 5.02 Å². The van der Waals surface area contributed by atoms with Crippen LogP contribution in [0.15, 0.2) is 53.6 Å². The third kappa shape index (κ3) is 3.34. The molecule has 2 atom stereocenters. The van der Waals surface area contributed by atoms with Gasteiger partial charge in [-0.2, -0.15) is 0 Å². The molecule has 0 saturated heterocycles. The molecule has 25 heavy (non-hydrogen) atoms. The first-order valence-corrected chi connectivity index (χ1v) is 9.67. The standard InChI is InChI=1S/C19H18ClN3S.HI/c1-24-19(21)23-18(13-6-9-14(20)10-7-13)16-11-8-12-4-2-3-5-15(12)17(16)22-23;/h2-7,9-10,16,18,21H,8,11H2,1H3;1H/t16-,18-;/m1./s1. The Hall–Kier alpha value is -1.05. The van der Waals surface area contributed by atoms with Crippen LogP contribution in [0.4, 0.5) is 0 Å². The van der Waals surface area contributed by atoms with Gasteiger partial charge in [0.2, 0.25) is 0 Å². The Morgan fingerprint density at radius 3 is 2.64 bits per heavy atom. The van der Waals surface area contributed by atoms with Crippen LogP contribution >= 0.6 is 23.4 Å². The van der Waals surface area contributed by atoms with Gasteiger partial charge >= 0.3 is 5.17 Å². The van der Waals surface area contributed by atoms with Gasteiger partial charge in [-0.1, -0.05) is 53.1 Å². The van der Waals surface area contributed by atoms with Crippen LogP contribution in [0.5, 0.6) is 0 Å². The Morgan fingerprint density at radius 2 is 1.92 bits per heavy atom. The topological polar surface area (TPSA) is 41.4 Å². The zero-order chi connectivity index (χ0) is 16.7. The third-order valence-electron chi connectivity index (χ3n) is 4.88. The summed E-state index contributed by atoms with van der Waals surface area (Å²) < 4.78 is 2.00. The quantitative estimate of drug-likeness (QED) is 0.374. The summed E-state index contributed by atoms with van der Waals surface area (Å²) in [6, 6.07) is 16.8. The average Bonchev–Trinajstić information content (AvgIpc) is 3.01. The molecule has 0 amide bonds. The molecule has 0 fully saturated rings. The van der Waals surface area contributed by atoms with Gasteiger partial charge < -0.3 is 24.0 Å². The number of nitrogens with two attached hydrogens (primary N) is 1. The van der Waals surface area contributed by atoms with Crippen molar-refractivity contribution in [2.75, 3.05) is 6.26 Å². The number of hydrazone groups is 1. The van der Waals surface area contributed by atoms with Gasteiger partial charge in [0.1, 0.15) is 0 Å². The predicted molar refractivity (Wildman–Crippen MR) is 102 cm³/mol. The van der Waals surface area contributed by atoms with Crippen molar-refractivity contribution in [3.05, 3.63) is 70.2 Å². The van der Waals surface area contributed by atoms with E-state index in [9.17, 15) is 0 Å². The molecule has 2 aromatic carbocycles. The van der Waals surface area contributed by atoms with Crippen LogP contribution < -0.4 is 29.7 Å². The fraction of sp³-hybridized carbons (Fsp3) is 0.263. The molecule has 130 valence electrons. The van der Waals surface area contributed by atoms with Crippen molar-refractivity contribution in [1.82, 2.24) is 0 Å². The van der Waals surface area contributed by atoms with Crippen LogP contribution in [-0.4, -0.2) is 21.8 Å². The van der Waals surface area contributed by atoms with E-state index in [1.165, 1.54) is 28.5 Å². The van der Waals surface area contributed by atoms with Crippen LogP contribution in [0.3, 0.4) is 0 Å². The number of amidine groups is 1. The summed E-state index contributed by atoms with van der Waals surface area (Å²) in [5, 5.41) is 6.42. The molecule has 1 aliphatic heterocycles. The number of halogens is 2. The zero-order valence-corrected chi connectivity index (χ0v) is 17.6. The monoisotopic (exact) mass is 483 g/mol. The van der Waals surface area contributed by atoms with Crippen molar-refractivity contribution in [2.24, 2.45) is 16.8 Å². The van der Waals surface area contributed by atoms with Crippen molar-refractivity contribution >= 4 is 34.2 Å². The molecule has 1 aliphatic carbocycles. The summed E-state index contributed by atoms with van der Waals surface area (Å²) in [4.78, 5) is 0. The highest BCUT2D eigenvalue weighted by Crippen LogP contribution is 2.41. The van der Waals surface area contributed by atoms with Crippen molar-refractivity contribution in [3.63, 3.8) is 0 Å². The second-order valence-corrected chi connectivity index (χ2v) is 7.43. The van der Waals surface area contributed by atoms with Gasteiger partial charge in [-0.15, -0.1) is 4.68 Å². The van der Waals surface area contributed by atoms with Crippen molar-refractivity contribution in [2.45, 2.75) is 18.9 Å². The van der Waals surface area contributed by atoms with Gasteiger partial charge in [0.15, 0.2) is 6.04 Å². The first-order chi connectivity index (χ1) is 11.7. The molecule has 2 aliphatic rings. The molecule has 1 heterocycles. The molecule has 6 heteroatoms. The maximum Gasteiger partial charge on any atom is 0.329 e. The fourth-order valence-electron chi connectivity index (χ4n) is 3.73. The van der Waals surface area contributed by atoms with Crippen molar-refractivity contribution < 1.29 is 28.7 Å². The number of nitrogens with zero attached hydrogens (tertiary/aromatic N) is 2. The van der Waals surface area contributed by atoms with Gasteiger partial charge in [0.05, 0.1) is 11.6 Å². The summed E-state index contributed by atoms with van der Waals surface area (Å²) in [6.07, 6.45) is 4.16. The van der Waals surface area contributed by atoms with E-state index < -0.39 is 0 Å². The summed E-state index contributed by atoms with van der Waals surface area (Å²) >= 11 is 7.61. The lowest BCUT2D eigenvalue weighted by Crippen LogP contribution is -3.00. The highest BCUT2D eigenvalue weighted by atomic mass is 127. The lowest BCUT2D eigenvalue weighted by molar-refractivity contribution is -0.571. The second-order valence-electron chi connectivity index (χ2n) is 6.17. The smallest absolute Gasteiger partial charge is 0.329 e. The lowest BCUT2D eigenvalue weighted by Gasteiger charge is -2.24. The predicted octanol–water partition coefficient (Wildman–Crippen LogP) is 1.06. The van der Waals surface area contributed by atoms with E-state index in [0.29, 0.717) is 5.92 Å². The molecule has 0 spiro atoms. The number of benzene rings is 2. The SMILES string of the molecule is CS/C(N)=[N+]1/N=C2c3ccccc3CC[C@H]2[C@H]1c1ccc(Cl)cc1.[I-]. The molecule has 3 nitrogen and oxygen atoms in total. The molecule has 0 bridgehead atoms. The summed E-state index contributed by atoms with van der Waals surface area (Å²) in [6.45, 7) is 0. The molecule has 0 saturated carbocycles. The molecular formula is C19H19ClIN3S. The van der Waals surface area contributed by atoms with Gasteiger partial charge in [-0.25, -0.2) is 0 Å². The summed E-state index contributed by atoms with van der Waals surface area (Å²) in [5.41, 5.74) is 11.3. The molecule has 2 N–H and O–H groups in total. The minimum absolute atomic E-state index is 0. The van der Waals surface area contributed by atoms with Crippen LogP contribution in [0.1, 0.15) is 29.2 Å². The van der Waals surface area contributed by atoms with E-state index in [0.717, 1.165) is 28.7 Å². The maximum absolute atomic E-state index is 6.28. The van der Waals surface area contributed by atoms with Crippen LogP contribution in [0, 0.1) is 5.92 Å². The Morgan fingerprint density at radius 1 is 1.20 bits per heavy atom. The molecule has 4 rings (SSSR count). The minimum atomic E-state index is 0. The van der Waals surface area contributed by atoms with Crippen LogP contribution in [-0.2, 0) is 6.42 Å². The third-order valence-corrected chi connectivity index (χ3v) is 5.73. The van der Waals surface area contributed by atoms with E-state index in [2.05, 4.69) is 36.4 Å². The highest BCUT2D eigenvalue weighted by Gasteiger charge is 2.44. The Bertz CT molecular complexity index is 848. The number of fused-ring (bicyclic) bond motifs is 3. The fourth-order valence-corrected chi connectivity index (χ4v) is 4.20. The lowest BCUT2D eigenvalue weighted by atomic mass is 9.77. The molecular weight excluding hydrogens is 465 g/mol. The Labute approximate surface area is 174 Å². The zero-order valence-electron chi connectivity index (χ0n) is 13.8. The first-order valence-electron chi connectivity index (χ1n) is 8.07.